The Bertz CT molecular complexity index is 1380. The van der Waals surface area contributed by atoms with Gasteiger partial charge in [0.05, 0.1) is 33.9 Å². The van der Waals surface area contributed by atoms with Crippen LogP contribution in [0.25, 0.3) is 0 Å². The average molecular weight is 844 g/mol. The lowest BCUT2D eigenvalue weighted by Crippen LogP contribution is -2.37. The summed E-state index contributed by atoms with van der Waals surface area (Å²) in [6.07, 6.45) is 48.7. The first-order valence-electron chi connectivity index (χ1n) is 21.7. The van der Waals surface area contributed by atoms with E-state index in [9.17, 15) is 24.2 Å². The minimum Gasteiger partial charge on any atom is -0.756 e. The van der Waals surface area contributed by atoms with Gasteiger partial charge in [0.1, 0.15) is 19.8 Å². The van der Waals surface area contributed by atoms with Gasteiger partial charge in [0, 0.05) is 12.8 Å². The molecule has 0 aliphatic rings. The molecule has 3 atom stereocenters. The van der Waals surface area contributed by atoms with Crippen molar-refractivity contribution in [2.45, 2.75) is 135 Å². The maximum atomic E-state index is 12.7. The fraction of sp³-hybridized carbons (Fsp3) is 0.583. The molecular weight excluding hydrogens is 765 g/mol. The predicted octanol–water partition coefficient (Wildman–Crippen LogP) is 10.7. The summed E-state index contributed by atoms with van der Waals surface area (Å²) in [5, 5.41) is 10.0. The largest absolute Gasteiger partial charge is 0.756 e. The van der Waals surface area contributed by atoms with Crippen molar-refractivity contribution in [2.75, 3.05) is 47.5 Å². The van der Waals surface area contributed by atoms with Crippen LogP contribution < -0.4 is 4.89 Å². The minimum absolute atomic E-state index is 0.0676. The number of quaternary nitrogens is 1. The number of hydrogen-bond acceptors (Lipinski definition) is 9. The van der Waals surface area contributed by atoms with E-state index in [1.807, 2.05) is 63.7 Å². The number of carbonyl (C=O) groups is 2. The SMILES string of the molecule is CC/C=C\C/C=C\C/C=C\C/C=C\C/C=C\CCCC(=O)OC[C@H](COP(=O)([O-])OCC[N+](C)(C)C)OC(=O)CCC/C=C\C/C=C\C=C\[C@@H](O)C/C=C\CCCCC. The second-order valence-electron chi connectivity index (χ2n) is 15.2. The summed E-state index contributed by atoms with van der Waals surface area (Å²) in [5.74, 6) is -1.02. The van der Waals surface area contributed by atoms with E-state index in [2.05, 4.69) is 74.6 Å². The number of allylic oxidation sites excluding steroid dienone is 16. The van der Waals surface area contributed by atoms with Crippen molar-refractivity contribution in [3.05, 3.63) is 109 Å². The van der Waals surface area contributed by atoms with Crippen molar-refractivity contribution in [1.82, 2.24) is 0 Å². The maximum Gasteiger partial charge on any atom is 0.306 e. The molecule has 11 heteroatoms. The predicted molar refractivity (Wildman–Crippen MR) is 241 cm³/mol. The number of rotatable bonds is 37. The van der Waals surface area contributed by atoms with Gasteiger partial charge in [-0.1, -0.05) is 136 Å². The Hall–Kier alpha value is -3.37. The number of aliphatic hydroxyl groups excluding tert-OH is 1. The van der Waals surface area contributed by atoms with Crippen molar-refractivity contribution >= 4 is 19.8 Å². The van der Waals surface area contributed by atoms with E-state index in [4.69, 9.17) is 18.5 Å². The van der Waals surface area contributed by atoms with Crippen LogP contribution in [0.3, 0.4) is 0 Å². The molecule has 0 aromatic rings. The summed E-state index contributed by atoms with van der Waals surface area (Å²) < 4.78 is 33.7. The lowest BCUT2D eigenvalue weighted by molar-refractivity contribution is -0.870. The Morgan fingerprint density at radius 3 is 1.75 bits per heavy atom. The van der Waals surface area contributed by atoms with Crippen LogP contribution >= 0.6 is 7.82 Å². The first-order valence-corrected chi connectivity index (χ1v) is 23.2. The molecule has 1 N–H and O–H groups in total. The number of esters is 2. The molecule has 0 heterocycles. The van der Waals surface area contributed by atoms with E-state index in [1.54, 1.807) is 6.08 Å². The molecular formula is C48H78NO9P. The summed E-state index contributed by atoms with van der Waals surface area (Å²) in [5.41, 5.74) is 0. The van der Waals surface area contributed by atoms with Gasteiger partial charge in [-0.15, -0.1) is 0 Å². The molecule has 0 aromatic heterocycles. The van der Waals surface area contributed by atoms with Crippen LogP contribution in [0.2, 0.25) is 0 Å². The van der Waals surface area contributed by atoms with Crippen molar-refractivity contribution in [1.29, 1.82) is 0 Å². The number of aliphatic hydroxyl groups is 1. The Morgan fingerprint density at radius 1 is 0.644 bits per heavy atom. The molecule has 0 aliphatic carbocycles. The highest BCUT2D eigenvalue weighted by Gasteiger charge is 2.21. The van der Waals surface area contributed by atoms with E-state index in [1.165, 1.54) is 19.3 Å². The summed E-state index contributed by atoms with van der Waals surface area (Å²) in [4.78, 5) is 37.5. The molecule has 0 spiro atoms. The van der Waals surface area contributed by atoms with Gasteiger partial charge in [0.15, 0.2) is 6.10 Å². The van der Waals surface area contributed by atoms with Crippen LogP contribution in [-0.4, -0.2) is 81.2 Å². The fourth-order valence-electron chi connectivity index (χ4n) is 4.94. The minimum atomic E-state index is -4.68. The standard InChI is InChI=1S/C48H78NO9P/c1-6-8-10-12-14-15-16-17-18-19-20-21-22-23-27-31-35-39-47(51)55-43-46(44-57-59(53,54)56-42-41-49(3,4)5)58-48(52)40-36-32-28-25-24-26-30-34-38-45(50)37-33-29-13-11-9-7-2/h8,10,14-15,17-18,20-21,23,25-30,33-34,38,45-46,50H,6-7,9,11-13,16,19,22,24,31-32,35-37,39-44H2,1-5H3/b10-8-,15-14-,18-17-,21-20-,27-23-,28-25-,30-26-,33-29-,38-34+/t45-,46+/m0/s1. The molecule has 334 valence electrons. The first kappa shape index (κ1) is 55.6. The van der Waals surface area contributed by atoms with Gasteiger partial charge in [-0.3, -0.25) is 14.2 Å². The van der Waals surface area contributed by atoms with Crippen LogP contribution in [-0.2, 0) is 32.7 Å². The second kappa shape index (κ2) is 38.8. The Kier molecular flexibility index (Phi) is 36.6. The van der Waals surface area contributed by atoms with E-state index in [-0.39, 0.29) is 26.1 Å². The number of phosphoric acid groups is 1. The number of nitrogens with zero attached hydrogens (tertiary/aromatic N) is 1. The fourth-order valence-corrected chi connectivity index (χ4v) is 5.67. The summed E-state index contributed by atoms with van der Waals surface area (Å²) in [6, 6.07) is 0. The van der Waals surface area contributed by atoms with Gasteiger partial charge in [-0.2, -0.15) is 0 Å². The molecule has 0 bridgehead atoms. The number of ether oxygens (including phenoxy) is 2. The van der Waals surface area contributed by atoms with Crippen molar-refractivity contribution in [3.8, 4) is 0 Å². The van der Waals surface area contributed by atoms with Crippen LogP contribution in [0.5, 0.6) is 0 Å². The van der Waals surface area contributed by atoms with Crippen LogP contribution in [0.4, 0.5) is 0 Å². The second-order valence-corrected chi connectivity index (χ2v) is 16.6. The highest BCUT2D eigenvalue weighted by atomic mass is 31.2. The summed E-state index contributed by atoms with van der Waals surface area (Å²) in [6.45, 7) is 3.82. The van der Waals surface area contributed by atoms with Crippen LogP contribution in [0.1, 0.15) is 123 Å². The molecule has 10 nitrogen and oxygen atoms in total. The van der Waals surface area contributed by atoms with Crippen LogP contribution in [0, 0.1) is 0 Å². The van der Waals surface area contributed by atoms with Gasteiger partial charge in [-0.25, -0.2) is 0 Å². The van der Waals surface area contributed by atoms with Gasteiger partial charge < -0.3 is 33.0 Å². The topological polar surface area (TPSA) is 131 Å². The summed E-state index contributed by atoms with van der Waals surface area (Å²) in [7, 11) is 1.04. The van der Waals surface area contributed by atoms with E-state index < -0.39 is 38.6 Å². The molecule has 1 unspecified atom stereocenters. The average Bonchev–Trinajstić information content (AvgIpc) is 3.18. The van der Waals surface area contributed by atoms with Crippen molar-refractivity contribution in [3.63, 3.8) is 0 Å². The number of likely N-dealkylation sites (N-methyl/N-ethyl adjacent to an activating group) is 1. The van der Waals surface area contributed by atoms with Crippen molar-refractivity contribution in [2.24, 2.45) is 0 Å². The molecule has 0 rings (SSSR count). The maximum absolute atomic E-state index is 12.7. The Morgan fingerprint density at radius 2 is 1.17 bits per heavy atom. The Balaban J connectivity index is 4.65. The monoisotopic (exact) mass is 844 g/mol. The number of unbranched alkanes of at least 4 members (excludes halogenated alkanes) is 5. The van der Waals surface area contributed by atoms with E-state index in [0.29, 0.717) is 49.6 Å². The molecule has 0 saturated heterocycles. The molecule has 0 aliphatic heterocycles. The van der Waals surface area contributed by atoms with Crippen LogP contribution in [0.15, 0.2) is 109 Å². The third-order valence-electron chi connectivity index (χ3n) is 8.36. The molecule has 0 amide bonds. The third-order valence-corrected chi connectivity index (χ3v) is 9.32. The normalized spacial score (nSPS) is 15.2. The van der Waals surface area contributed by atoms with Gasteiger partial charge in [0.25, 0.3) is 7.82 Å². The highest BCUT2D eigenvalue weighted by Crippen LogP contribution is 2.38. The Labute approximate surface area is 358 Å². The smallest absolute Gasteiger partial charge is 0.306 e. The van der Waals surface area contributed by atoms with Crippen molar-refractivity contribution < 1.29 is 47.2 Å². The summed E-state index contributed by atoms with van der Waals surface area (Å²) >= 11 is 0. The van der Waals surface area contributed by atoms with Gasteiger partial charge in [-0.05, 0) is 83.5 Å². The van der Waals surface area contributed by atoms with Gasteiger partial charge in [0.2, 0.25) is 0 Å². The number of phosphoric ester groups is 1. The molecule has 0 radical (unpaired) electrons. The lowest BCUT2D eigenvalue weighted by Gasteiger charge is -2.28. The molecule has 0 saturated carbocycles. The third kappa shape index (κ3) is 42.6. The zero-order valence-electron chi connectivity index (χ0n) is 37.0. The lowest BCUT2D eigenvalue weighted by atomic mass is 10.1. The first-order chi connectivity index (χ1) is 28.4. The van der Waals surface area contributed by atoms with Gasteiger partial charge >= 0.3 is 11.9 Å². The molecule has 0 fully saturated rings. The van der Waals surface area contributed by atoms with E-state index >= 15 is 0 Å². The van der Waals surface area contributed by atoms with E-state index in [0.717, 1.165) is 38.5 Å². The number of carbonyl (C=O) groups excluding carboxylic acids is 2. The quantitative estimate of drug-likeness (QED) is 0.0162. The molecule has 0 aromatic carbocycles. The highest BCUT2D eigenvalue weighted by molar-refractivity contribution is 7.45. The number of hydrogen-bond donors (Lipinski definition) is 1. The zero-order valence-corrected chi connectivity index (χ0v) is 37.9. The zero-order chi connectivity index (χ0) is 43.7. The molecule has 59 heavy (non-hydrogen) atoms.